The fraction of sp³-hybridized carbons (Fsp3) is 1.00. The smallest absolute Gasteiger partial charge is 0.0568 e. The van der Waals surface area contributed by atoms with Crippen LogP contribution in [0, 0.1) is 17.8 Å². The molecule has 0 heterocycles. The van der Waals surface area contributed by atoms with E-state index in [0.717, 1.165) is 12.8 Å². The fourth-order valence-electron chi connectivity index (χ4n) is 1.71. The van der Waals surface area contributed by atoms with Crippen molar-refractivity contribution >= 4 is 0 Å². The molecule has 13 heavy (non-hydrogen) atoms. The van der Waals surface area contributed by atoms with Gasteiger partial charge in [0, 0.05) is 0 Å². The maximum atomic E-state index is 9.87. The Bertz CT molecular complexity index is 120. The molecule has 80 valence electrons. The summed E-state index contributed by atoms with van der Waals surface area (Å²) in [5.41, 5.74) is 0. The third-order valence-corrected chi connectivity index (χ3v) is 2.84. The van der Waals surface area contributed by atoms with Crippen LogP contribution in [0.5, 0.6) is 0 Å². The highest BCUT2D eigenvalue weighted by molar-refractivity contribution is 4.68. The van der Waals surface area contributed by atoms with Gasteiger partial charge in [0.05, 0.1) is 6.10 Å². The number of aliphatic hydroxyl groups excluding tert-OH is 1. The normalized spacial score (nSPS) is 18.7. The largest absolute Gasteiger partial charge is 0.393 e. The van der Waals surface area contributed by atoms with Gasteiger partial charge >= 0.3 is 0 Å². The molecule has 0 rings (SSSR count). The molecule has 0 amide bonds. The summed E-state index contributed by atoms with van der Waals surface area (Å²) < 4.78 is 0. The molecule has 0 aliphatic carbocycles. The van der Waals surface area contributed by atoms with Crippen molar-refractivity contribution in [1.82, 2.24) is 0 Å². The van der Waals surface area contributed by atoms with E-state index in [-0.39, 0.29) is 6.10 Å². The van der Waals surface area contributed by atoms with Gasteiger partial charge in [0.15, 0.2) is 0 Å². The van der Waals surface area contributed by atoms with Crippen molar-refractivity contribution in [1.29, 1.82) is 0 Å². The van der Waals surface area contributed by atoms with Gasteiger partial charge in [0.2, 0.25) is 0 Å². The molecule has 0 aromatic rings. The molecule has 0 fully saturated rings. The van der Waals surface area contributed by atoms with E-state index in [2.05, 4.69) is 34.6 Å². The summed E-state index contributed by atoms with van der Waals surface area (Å²) in [6, 6.07) is 0. The molecular formula is C12H26O. The zero-order chi connectivity index (χ0) is 10.4. The van der Waals surface area contributed by atoms with Crippen LogP contribution in [-0.4, -0.2) is 11.2 Å². The zero-order valence-corrected chi connectivity index (χ0v) is 9.88. The van der Waals surface area contributed by atoms with Crippen molar-refractivity contribution in [3.8, 4) is 0 Å². The van der Waals surface area contributed by atoms with Gasteiger partial charge in [0.25, 0.3) is 0 Å². The van der Waals surface area contributed by atoms with Crippen molar-refractivity contribution in [2.75, 3.05) is 0 Å². The van der Waals surface area contributed by atoms with Crippen molar-refractivity contribution in [2.24, 2.45) is 17.8 Å². The molecule has 3 atom stereocenters. The molecule has 1 N–H and O–H groups in total. The number of hydrogen-bond donors (Lipinski definition) is 1. The van der Waals surface area contributed by atoms with Crippen LogP contribution < -0.4 is 0 Å². The van der Waals surface area contributed by atoms with Gasteiger partial charge in [0.1, 0.15) is 0 Å². The lowest BCUT2D eigenvalue weighted by Crippen LogP contribution is -2.21. The van der Waals surface area contributed by atoms with Crippen molar-refractivity contribution in [3.05, 3.63) is 0 Å². The highest BCUT2D eigenvalue weighted by atomic mass is 16.3. The summed E-state index contributed by atoms with van der Waals surface area (Å²) >= 11 is 0. The molecule has 0 bridgehead atoms. The van der Waals surface area contributed by atoms with Crippen LogP contribution in [0.3, 0.4) is 0 Å². The Labute approximate surface area is 83.5 Å². The Balaban J connectivity index is 3.74. The first kappa shape index (κ1) is 13.0. The minimum atomic E-state index is -0.0997. The maximum absolute atomic E-state index is 9.87. The van der Waals surface area contributed by atoms with Crippen molar-refractivity contribution < 1.29 is 5.11 Å². The zero-order valence-electron chi connectivity index (χ0n) is 9.88. The van der Waals surface area contributed by atoms with Gasteiger partial charge in [-0.05, 0) is 30.6 Å². The average Bonchev–Trinajstić information content (AvgIpc) is 2.02. The predicted octanol–water partition coefficient (Wildman–Crippen LogP) is 3.47. The number of hydrogen-bond acceptors (Lipinski definition) is 1. The lowest BCUT2D eigenvalue weighted by Gasteiger charge is -2.22. The van der Waals surface area contributed by atoms with E-state index < -0.39 is 0 Å². The lowest BCUT2D eigenvalue weighted by atomic mass is 9.88. The first-order valence-electron chi connectivity index (χ1n) is 5.65. The third-order valence-electron chi connectivity index (χ3n) is 2.84. The fourth-order valence-corrected chi connectivity index (χ4v) is 1.71. The summed E-state index contributed by atoms with van der Waals surface area (Å²) in [7, 11) is 0. The molecule has 0 aliphatic rings. The van der Waals surface area contributed by atoms with E-state index in [0.29, 0.717) is 17.8 Å². The molecule has 0 aromatic heterocycles. The van der Waals surface area contributed by atoms with Gasteiger partial charge in [-0.1, -0.05) is 41.0 Å². The summed E-state index contributed by atoms with van der Waals surface area (Å²) in [6.07, 6.45) is 3.17. The summed E-state index contributed by atoms with van der Waals surface area (Å²) in [6.45, 7) is 11.0. The van der Waals surface area contributed by atoms with Gasteiger partial charge in [-0.25, -0.2) is 0 Å². The SMILES string of the molecule is CCC(C)CC(O)C(C)CC(C)C. The molecular weight excluding hydrogens is 160 g/mol. The molecule has 0 aliphatic heterocycles. The minimum absolute atomic E-state index is 0.0997. The standard InChI is InChI=1S/C12H26O/c1-6-10(4)8-12(13)11(5)7-9(2)3/h9-13H,6-8H2,1-5H3. The highest BCUT2D eigenvalue weighted by Crippen LogP contribution is 2.21. The van der Waals surface area contributed by atoms with E-state index in [1.807, 2.05) is 0 Å². The van der Waals surface area contributed by atoms with Gasteiger partial charge in [-0.2, -0.15) is 0 Å². The Hall–Kier alpha value is -0.0400. The molecule has 3 unspecified atom stereocenters. The van der Waals surface area contributed by atoms with Crippen LogP contribution in [0.1, 0.15) is 53.9 Å². The first-order chi connectivity index (χ1) is 5.97. The molecule has 0 aromatic carbocycles. The third kappa shape index (κ3) is 6.09. The average molecular weight is 186 g/mol. The van der Waals surface area contributed by atoms with Gasteiger partial charge in [-0.3, -0.25) is 0 Å². The van der Waals surface area contributed by atoms with Crippen molar-refractivity contribution in [3.63, 3.8) is 0 Å². The van der Waals surface area contributed by atoms with Crippen LogP contribution in [0.15, 0.2) is 0 Å². The number of aliphatic hydroxyl groups is 1. The quantitative estimate of drug-likeness (QED) is 0.673. The van der Waals surface area contributed by atoms with E-state index >= 15 is 0 Å². The lowest BCUT2D eigenvalue weighted by molar-refractivity contribution is 0.0812. The summed E-state index contributed by atoms with van der Waals surface area (Å²) in [5, 5.41) is 9.87. The second-order valence-corrected chi connectivity index (χ2v) is 4.92. The Kier molecular flexibility index (Phi) is 6.40. The highest BCUT2D eigenvalue weighted by Gasteiger charge is 2.17. The molecule has 0 saturated carbocycles. The van der Waals surface area contributed by atoms with Gasteiger partial charge < -0.3 is 5.11 Å². The Morgan fingerprint density at radius 2 is 1.54 bits per heavy atom. The van der Waals surface area contributed by atoms with Crippen LogP contribution in [-0.2, 0) is 0 Å². The molecule has 0 saturated heterocycles. The Morgan fingerprint density at radius 3 is 1.92 bits per heavy atom. The second-order valence-electron chi connectivity index (χ2n) is 4.92. The van der Waals surface area contributed by atoms with Crippen LogP contribution in [0.25, 0.3) is 0 Å². The van der Waals surface area contributed by atoms with Crippen LogP contribution in [0.2, 0.25) is 0 Å². The minimum Gasteiger partial charge on any atom is -0.393 e. The van der Waals surface area contributed by atoms with Crippen molar-refractivity contribution in [2.45, 2.75) is 60.0 Å². The Morgan fingerprint density at radius 1 is 1.00 bits per heavy atom. The maximum Gasteiger partial charge on any atom is 0.0568 e. The van der Waals surface area contributed by atoms with Crippen LogP contribution >= 0.6 is 0 Å². The summed E-state index contributed by atoms with van der Waals surface area (Å²) in [5.74, 6) is 1.81. The molecule has 0 radical (unpaired) electrons. The van der Waals surface area contributed by atoms with E-state index in [1.54, 1.807) is 0 Å². The first-order valence-corrected chi connectivity index (χ1v) is 5.65. The molecule has 1 nitrogen and oxygen atoms in total. The molecule has 0 spiro atoms. The monoisotopic (exact) mass is 186 g/mol. The van der Waals surface area contributed by atoms with Crippen LogP contribution in [0.4, 0.5) is 0 Å². The molecule has 1 heteroatoms. The topological polar surface area (TPSA) is 20.2 Å². The van der Waals surface area contributed by atoms with E-state index in [4.69, 9.17) is 0 Å². The van der Waals surface area contributed by atoms with E-state index in [9.17, 15) is 5.11 Å². The number of rotatable bonds is 6. The van der Waals surface area contributed by atoms with Gasteiger partial charge in [-0.15, -0.1) is 0 Å². The summed E-state index contributed by atoms with van der Waals surface area (Å²) in [4.78, 5) is 0. The van der Waals surface area contributed by atoms with E-state index in [1.165, 1.54) is 6.42 Å². The second kappa shape index (κ2) is 6.42. The predicted molar refractivity (Wildman–Crippen MR) is 58.7 cm³/mol.